The molecule has 77 heavy (non-hydrogen) atoms. The molecule has 4 unspecified atom stereocenters. The molecule has 454 valence electrons. The van der Waals surface area contributed by atoms with Gasteiger partial charge in [-0.15, -0.1) is 0 Å². The van der Waals surface area contributed by atoms with Gasteiger partial charge in [-0.05, 0) is 83.5 Å². The van der Waals surface area contributed by atoms with Crippen LogP contribution in [-0.4, -0.2) is 57.3 Å². The molecule has 0 aromatic heterocycles. The fourth-order valence-corrected chi connectivity index (χ4v) is 10.9. The minimum atomic E-state index is -1.29. The van der Waals surface area contributed by atoms with Gasteiger partial charge in [-0.2, -0.15) is 0 Å². The Bertz CT molecular complexity index is 1260. The second-order valence-corrected chi connectivity index (χ2v) is 23.9. The first-order valence-corrected chi connectivity index (χ1v) is 34.5. The second-order valence-electron chi connectivity index (χ2n) is 23.9. The first-order valence-electron chi connectivity index (χ1n) is 34.5. The molecule has 5 N–H and O–H groups in total. The molecule has 0 aromatic carbocycles. The first kappa shape index (κ1) is 75.3. The molecule has 0 spiro atoms. The molecule has 0 fully saturated rings. The second kappa shape index (κ2) is 65.1. The van der Waals surface area contributed by atoms with Gasteiger partial charge in [0, 0.05) is 0 Å². The number of hydrogen-bond donors (Lipinski definition) is 5. The molecular formula is C71H135NO5. The number of aliphatic hydroxyl groups excluding tert-OH is 4. The van der Waals surface area contributed by atoms with E-state index in [1.54, 1.807) is 0 Å². The van der Waals surface area contributed by atoms with E-state index in [2.05, 4.69) is 67.8 Å². The highest BCUT2D eigenvalue weighted by Gasteiger charge is 2.28. The minimum absolute atomic E-state index is 0.360. The van der Waals surface area contributed by atoms with Crippen molar-refractivity contribution in [2.45, 2.75) is 391 Å². The highest BCUT2D eigenvalue weighted by atomic mass is 16.3. The van der Waals surface area contributed by atoms with Crippen molar-refractivity contribution in [2.75, 3.05) is 6.61 Å². The summed E-state index contributed by atoms with van der Waals surface area (Å²) in [6.07, 6.45) is 85.2. The van der Waals surface area contributed by atoms with Gasteiger partial charge in [0.1, 0.15) is 12.2 Å². The number of nitrogens with one attached hydrogen (secondary N) is 1. The Morgan fingerprint density at radius 1 is 0.325 bits per heavy atom. The van der Waals surface area contributed by atoms with Gasteiger partial charge >= 0.3 is 0 Å². The molecule has 0 radical (unpaired) electrons. The number of carbonyl (C=O) groups is 1. The van der Waals surface area contributed by atoms with Crippen molar-refractivity contribution in [2.24, 2.45) is 0 Å². The molecular weight excluding hydrogens is 947 g/mol. The summed E-state index contributed by atoms with van der Waals surface area (Å²) < 4.78 is 0. The first-order chi connectivity index (χ1) is 38.0. The van der Waals surface area contributed by atoms with Gasteiger partial charge in [0.2, 0.25) is 5.91 Å². The lowest BCUT2D eigenvalue weighted by Crippen LogP contribution is -2.53. The maximum absolute atomic E-state index is 12.7. The third-order valence-corrected chi connectivity index (χ3v) is 16.2. The number of unbranched alkanes of at least 4 members (excludes halogenated alkanes) is 47. The van der Waals surface area contributed by atoms with Gasteiger partial charge in [0.25, 0.3) is 0 Å². The standard InChI is InChI=1S/C71H135NO5/c1-3-5-7-9-11-13-15-17-19-21-23-25-27-29-31-33-34-35-37-39-41-43-45-47-49-51-53-55-57-59-61-63-65-69(75)71(77)72-67(66-73)70(76)68(74)64-62-60-58-56-54-52-50-48-46-44-42-40-38-36-32-30-28-26-24-22-20-18-16-14-12-10-8-6-4-2/h23,25,29,31,48,50,56,58,67-70,73-76H,3-22,24,26-28,30,32-47,49,51-55,57,59-66H2,1-2H3,(H,72,77)/b25-23-,31-29-,50-48+,58-56+. The highest BCUT2D eigenvalue weighted by molar-refractivity contribution is 5.80. The summed E-state index contributed by atoms with van der Waals surface area (Å²) in [7, 11) is 0. The van der Waals surface area contributed by atoms with Gasteiger partial charge in [0.15, 0.2) is 0 Å². The molecule has 0 aliphatic rings. The molecule has 0 aromatic rings. The quantitative estimate of drug-likeness (QED) is 0.0308. The fourth-order valence-electron chi connectivity index (χ4n) is 10.9. The molecule has 0 aliphatic heterocycles. The number of carbonyl (C=O) groups excluding carboxylic acids is 1. The molecule has 0 rings (SSSR count). The molecule has 6 nitrogen and oxygen atoms in total. The van der Waals surface area contributed by atoms with Crippen LogP contribution in [-0.2, 0) is 4.79 Å². The van der Waals surface area contributed by atoms with Crippen LogP contribution in [0.4, 0.5) is 0 Å². The normalized spacial score (nSPS) is 13.8. The molecule has 0 saturated carbocycles. The van der Waals surface area contributed by atoms with Crippen LogP contribution in [0.1, 0.15) is 367 Å². The number of amides is 1. The Morgan fingerprint density at radius 2 is 0.584 bits per heavy atom. The zero-order chi connectivity index (χ0) is 55.8. The Balaban J connectivity index is 3.61. The van der Waals surface area contributed by atoms with Gasteiger partial charge in [0.05, 0.1) is 18.8 Å². The third kappa shape index (κ3) is 58.7. The van der Waals surface area contributed by atoms with Gasteiger partial charge in [-0.3, -0.25) is 4.79 Å². The van der Waals surface area contributed by atoms with Crippen LogP contribution in [0.3, 0.4) is 0 Å². The average Bonchev–Trinajstić information content (AvgIpc) is 3.43. The average molecular weight is 1080 g/mol. The monoisotopic (exact) mass is 1080 g/mol. The Morgan fingerprint density at radius 3 is 0.896 bits per heavy atom. The van der Waals surface area contributed by atoms with E-state index in [1.165, 1.54) is 289 Å². The van der Waals surface area contributed by atoms with E-state index in [1.807, 2.05) is 0 Å². The van der Waals surface area contributed by atoms with E-state index in [0.717, 1.165) is 44.9 Å². The molecule has 0 heterocycles. The molecule has 6 heteroatoms. The van der Waals surface area contributed by atoms with Crippen LogP contribution < -0.4 is 5.32 Å². The van der Waals surface area contributed by atoms with Crippen molar-refractivity contribution in [1.82, 2.24) is 5.32 Å². The summed E-state index contributed by atoms with van der Waals surface area (Å²) in [6.45, 7) is 4.09. The van der Waals surface area contributed by atoms with E-state index >= 15 is 0 Å². The maximum Gasteiger partial charge on any atom is 0.249 e. The van der Waals surface area contributed by atoms with Crippen LogP contribution in [0.2, 0.25) is 0 Å². The number of rotatable bonds is 64. The summed E-state index contributed by atoms with van der Waals surface area (Å²) >= 11 is 0. The Kier molecular flexibility index (Phi) is 63.6. The van der Waals surface area contributed by atoms with Crippen molar-refractivity contribution in [3.63, 3.8) is 0 Å². The summed E-state index contributed by atoms with van der Waals surface area (Å²) in [5.74, 6) is -0.593. The highest BCUT2D eigenvalue weighted by Crippen LogP contribution is 2.19. The number of aliphatic hydroxyl groups is 4. The molecule has 1 amide bonds. The van der Waals surface area contributed by atoms with Crippen molar-refractivity contribution in [1.29, 1.82) is 0 Å². The van der Waals surface area contributed by atoms with Crippen LogP contribution in [0, 0.1) is 0 Å². The number of hydrogen-bond acceptors (Lipinski definition) is 5. The van der Waals surface area contributed by atoms with Crippen molar-refractivity contribution < 1.29 is 25.2 Å². The summed E-state index contributed by atoms with van der Waals surface area (Å²) in [5, 5.41) is 44.2. The van der Waals surface area contributed by atoms with Crippen LogP contribution >= 0.6 is 0 Å². The topological polar surface area (TPSA) is 110 Å². The summed E-state index contributed by atoms with van der Waals surface area (Å²) in [6, 6.07) is -1.01. The van der Waals surface area contributed by atoms with Crippen molar-refractivity contribution in [3.8, 4) is 0 Å². The van der Waals surface area contributed by atoms with Gasteiger partial charge in [-0.1, -0.05) is 332 Å². The largest absolute Gasteiger partial charge is 0.394 e. The van der Waals surface area contributed by atoms with E-state index in [0.29, 0.717) is 19.3 Å². The maximum atomic E-state index is 12.7. The van der Waals surface area contributed by atoms with Crippen molar-refractivity contribution >= 4 is 5.91 Å². The van der Waals surface area contributed by atoms with Gasteiger partial charge in [-0.25, -0.2) is 0 Å². The molecule has 4 atom stereocenters. The van der Waals surface area contributed by atoms with E-state index in [-0.39, 0.29) is 0 Å². The van der Waals surface area contributed by atoms with E-state index in [4.69, 9.17) is 0 Å². The zero-order valence-electron chi connectivity index (χ0n) is 51.7. The number of allylic oxidation sites excluding steroid dienone is 8. The minimum Gasteiger partial charge on any atom is -0.394 e. The SMILES string of the molecule is CCCCCCCCCCC/C=C\C/C=C\CCCCCCCCCCCCCCCCCCC(O)C(=O)NC(CO)C(O)C(O)CCC/C=C/CC/C=C/CCCCCCCCCCCCCCCCCCCCCC. The predicted molar refractivity (Wildman–Crippen MR) is 339 cm³/mol. The lowest BCUT2D eigenvalue weighted by Gasteiger charge is -2.27. The fraction of sp³-hybridized carbons (Fsp3) is 0.873. The predicted octanol–water partition coefficient (Wildman–Crippen LogP) is 21.3. The molecule has 0 saturated heterocycles. The van der Waals surface area contributed by atoms with Crippen LogP contribution in [0.5, 0.6) is 0 Å². The van der Waals surface area contributed by atoms with Crippen LogP contribution in [0.15, 0.2) is 48.6 Å². The van der Waals surface area contributed by atoms with Gasteiger partial charge < -0.3 is 25.7 Å². The van der Waals surface area contributed by atoms with Crippen LogP contribution in [0.25, 0.3) is 0 Å². The van der Waals surface area contributed by atoms with Crippen molar-refractivity contribution in [3.05, 3.63) is 48.6 Å². The molecule has 0 aliphatic carbocycles. The molecule has 0 bridgehead atoms. The lowest BCUT2D eigenvalue weighted by atomic mass is 10.00. The summed E-state index contributed by atoms with van der Waals surface area (Å²) in [5.41, 5.74) is 0. The lowest BCUT2D eigenvalue weighted by molar-refractivity contribution is -0.132. The zero-order valence-corrected chi connectivity index (χ0v) is 51.7. The van der Waals surface area contributed by atoms with E-state index < -0.39 is 36.9 Å². The summed E-state index contributed by atoms with van der Waals surface area (Å²) in [4.78, 5) is 12.7. The third-order valence-electron chi connectivity index (χ3n) is 16.2. The smallest absolute Gasteiger partial charge is 0.249 e. The van der Waals surface area contributed by atoms with E-state index in [9.17, 15) is 25.2 Å². The Hall–Kier alpha value is -1.73. The Labute approximate surface area is 480 Å².